The van der Waals surface area contributed by atoms with Crippen LogP contribution in [0, 0.1) is 0 Å². The van der Waals surface area contributed by atoms with Gasteiger partial charge in [0.05, 0.1) is 0 Å². The number of ether oxygens (including phenoxy) is 3. The molecule has 0 aromatic carbocycles. The number of unbranched alkanes of at least 4 members (excludes halogenated alkanes) is 11. The molecule has 0 heterocycles. The SMILES string of the molecule is CC\C=C/C=C\C=C/C=C\C=C/CCCCCC(=O)OC(COC(=O)CCC\C=C/C=C\C=C/C=C\C=C/CC)COC(=O)CCC/C=C\C/C=C\C/C=C\CCCCCCCC. The number of hydrogen-bond donors (Lipinski definition) is 0. The van der Waals surface area contributed by atoms with Gasteiger partial charge in [0.15, 0.2) is 6.10 Å². The summed E-state index contributed by atoms with van der Waals surface area (Å²) in [6, 6.07) is 0. The zero-order valence-corrected chi connectivity index (χ0v) is 39.5. The molecular formula is C57H84O6. The Bertz CT molecular complexity index is 1510. The third kappa shape index (κ3) is 47.9. The normalized spacial score (nSPS) is 13.5. The third-order valence-electron chi connectivity index (χ3n) is 9.25. The predicted molar refractivity (Wildman–Crippen MR) is 269 cm³/mol. The lowest BCUT2D eigenvalue weighted by molar-refractivity contribution is -0.167. The number of carbonyl (C=O) groups is 3. The van der Waals surface area contributed by atoms with Crippen LogP contribution >= 0.6 is 0 Å². The van der Waals surface area contributed by atoms with E-state index in [4.69, 9.17) is 14.2 Å². The molecule has 0 bridgehead atoms. The van der Waals surface area contributed by atoms with E-state index in [1.807, 2.05) is 103 Å². The third-order valence-corrected chi connectivity index (χ3v) is 9.25. The number of rotatable bonds is 40. The molecule has 0 fully saturated rings. The van der Waals surface area contributed by atoms with Crippen molar-refractivity contribution in [3.8, 4) is 0 Å². The molecule has 0 spiro atoms. The number of carbonyl (C=O) groups excluding carboxylic acids is 3. The van der Waals surface area contributed by atoms with Gasteiger partial charge in [-0.15, -0.1) is 0 Å². The first-order valence-corrected chi connectivity index (χ1v) is 24.1. The first-order valence-electron chi connectivity index (χ1n) is 24.1. The van der Waals surface area contributed by atoms with Gasteiger partial charge in [-0.25, -0.2) is 0 Å². The van der Waals surface area contributed by atoms with E-state index in [9.17, 15) is 14.4 Å². The second-order valence-electron chi connectivity index (χ2n) is 15.1. The molecule has 1 atom stereocenters. The molecule has 0 saturated carbocycles. The Hall–Kier alpha value is -4.97. The van der Waals surface area contributed by atoms with Crippen molar-refractivity contribution >= 4 is 17.9 Å². The lowest BCUT2D eigenvalue weighted by Crippen LogP contribution is -2.30. The zero-order valence-electron chi connectivity index (χ0n) is 39.5. The molecule has 63 heavy (non-hydrogen) atoms. The van der Waals surface area contributed by atoms with Crippen molar-refractivity contribution in [3.05, 3.63) is 158 Å². The summed E-state index contributed by atoms with van der Waals surface area (Å²) < 4.78 is 16.6. The van der Waals surface area contributed by atoms with Crippen LogP contribution in [0.2, 0.25) is 0 Å². The summed E-state index contributed by atoms with van der Waals surface area (Å²) in [7, 11) is 0. The molecule has 0 radical (unpaired) electrons. The molecular weight excluding hydrogens is 781 g/mol. The second-order valence-corrected chi connectivity index (χ2v) is 15.1. The van der Waals surface area contributed by atoms with E-state index in [2.05, 4.69) is 75.5 Å². The molecule has 0 N–H and O–H groups in total. The van der Waals surface area contributed by atoms with E-state index in [1.54, 1.807) is 0 Å². The van der Waals surface area contributed by atoms with Crippen LogP contribution in [0.4, 0.5) is 0 Å². The fourth-order valence-electron chi connectivity index (χ4n) is 5.68. The molecule has 0 saturated heterocycles. The van der Waals surface area contributed by atoms with Crippen molar-refractivity contribution in [3.63, 3.8) is 0 Å². The minimum atomic E-state index is -0.856. The molecule has 0 rings (SSSR count). The van der Waals surface area contributed by atoms with E-state index < -0.39 is 12.1 Å². The molecule has 0 amide bonds. The molecule has 0 aliphatic rings. The van der Waals surface area contributed by atoms with Gasteiger partial charge in [-0.1, -0.05) is 217 Å². The van der Waals surface area contributed by atoms with Gasteiger partial charge in [0.25, 0.3) is 0 Å². The van der Waals surface area contributed by atoms with Crippen LogP contribution in [0.15, 0.2) is 158 Å². The Balaban J connectivity index is 4.68. The van der Waals surface area contributed by atoms with Crippen LogP contribution in [-0.4, -0.2) is 37.2 Å². The minimum Gasteiger partial charge on any atom is -0.462 e. The summed E-state index contributed by atoms with van der Waals surface area (Å²) in [6.07, 6.45) is 72.4. The largest absolute Gasteiger partial charge is 0.462 e. The van der Waals surface area contributed by atoms with Gasteiger partial charge in [0.2, 0.25) is 0 Å². The summed E-state index contributed by atoms with van der Waals surface area (Å²) >= 11 is 0. The predicted octanol–water partition coefficient (Wildman–Crippen LogP) is 15.9. The van der Waals surface area contributed by atoms with Crippen LogP contribution in [0.25, 0.3) is 0 Å². The Morgan fingerprint density at radius 2 is 0.698 bits per heavy atom. The average Bonchev–Trinajstić information content (AvgIpc) is 3.28. The molecule has 0 aliphatic heterocycles. The first-order chi connectivity index (χ1) is 31.0. The Morgan fingerprint density at radius 1 is 0.349 bits per heavy atom. The summed E-state index contributed by atoms with van der Waals surface area (Å²) in [5.74, 6) is -1.14. The Morgan fingerprint density at radius 3 is 1.17 bits per heavy atom. The van der Waals surface area contributed by atoms with Gasteiger partial charge < -0.3 is 14.2 Å². The first kappa shape index (κ1) is 58.0. The maximum absolute atomic E-state index is 12.8. The highest BCUT2D eigenvalue weighted by molar-refractivity contribution is 5.71. The molecule has 0 aromatic rings. The van der Waals surface area contributed by atoms with Crippen molar-refractivity contribution in [2.24, 2.45) is 0 Å². The Kier molecular flexibility index (Phi) is 45.8. The molecule has 6 nitrogen and oxygen atoms in total. The van der Waals surface area contributed by atoms with E-state index in [0.29, 0.717) is 19.3 Å². The van der Waals surface area contributed by atoms with Crippen LogP contribution in [0.1, 0.15) is 162 Å². The maximum Gasteiger partial charge on any atom is 0.306 e. The molecule has 1 unspecified atom stereocenters. The van der Waals surface area contributed by atoms with E-state index >= 15 is 0 Å². The van der Waals surface area contributed by atoms with Gasteiger partial charge >= 0.3 is 17.9 Å². The van der Waals surface area contributed by atoms with Crippen molar-refractivity contribution in [1.29, 1.82) is 0 Å². The second kappa shape index (κ2) is 49.7. The van der Waals surface area contributed by atoms with Crippen molar-refractivity contribution < 1.29 is 28.6 Å². The monoisotopic (exact) mass is 865 g/mol. The van der Waals surface area contributed by atoms with Crippen molar-refractivity contribution in [1.82, 2.24) is 0 Å². The zero-order chi connectivity index (χ0) is 45.8. The van der Waals surface area contributed by atoms with E-state index in [1.165, 1.54) is 44.9 Å². The van der Waals surface area contributed by atoms with E-state index in [-0.39, 0.29) is 44.4 Å². The maximum atomic E-state index is 12.8. The number of esters is 3. The van der Waals surface area contributed by atoms with Crippen LogP contribution in [0.5, 0.6) is 0 Å². The molecule has 0 aliphatic carbocycles. The number of hydrogen-bond acceptors (Lipinski definition) is 6. The highest BCUT2D eigenvalue weighted by atomic mass is 16.6. The highest BCUT2D eigenvalue weighted by Gasteiger charge is 2.19. The summed E-state index contributed by atoms with van der Waals surface area (Å²) in [6.45, 7) is 6.15. The average molecular weight is 865 g/mol. The fourth-order valence-corrected chi connectivity index (χ4v) is 5.68. The van der Waals surface area contributed by atoms with Crippen molar-refractivity contribution in [2.75, 3.05) is 13.2 Å². The summed E-state index contributed by atoms with van der Waals surface area (Å²) in [5, 5.41) is 0. The van der Waals surface area contributed by atoms with Crippen LogP contribution in [0.3, 0.4) is 0 Å². The molecule has 6 heteroatoms. The summed E-state index contributed by atoms with van der Waals surface area (Å²) in [5.41, 5.74) is 0. The Labute approximate surface area is 384 Å². The minimum absolute atomic E-state index is 0.152. The highest BCUT2D eigenvalue weighted by Crippen LogP contribution is 2.10. The number of allylic oxidation sites excluding steroid dienone is 26. The molecule has 348 valence electrons. The molecule has 0 aromatic heterocycles. The smallest absolute Gasteiger partial charge is 0.306 e. The standard InChI is InChI=1S/C57H84O6/c1-4-7-10-13-16-19-22-25-27-28-30-32-35-38-41-44-47-50-56(59)62-53-54(52-61-55(58)49-46-43-40-37-34-31-24-21-18-15-12-9-6-3)63-57(60)51-48-45-42-39-36-33-29-26-23-20-17-14-11-8-5-2/h8-9,11-12,14-15,17-18,20-21,23-27,29-34,36-38,40-41,54H,4-7,10,13,16,19,22,28,35,39,42-53H2,1-3H3/b11-8-,12-9-,17-14-,18-15-,23-20-,24-21-,27-25-,29-26-,32-30-,34-31-,36-33-,40-37-,41-38-. The van der Waals surface area contributed by atoms with Gasteiger partial charge in [0, 0.05) is 19.3 Å². The quantitative estimate of drug-likeness (QED) is 0.0201. The van der Waals surface area contributed by atoms with Gasteiger partial charge in [-0.05, 0) is 83.5 Å². The van der Waals surface area contributed by atoms with Gasteiger partial charge in [0.1, 0.15) is 13.2 Å². The van der Waals surface area contributed by atoms with Gasteiger partial charge in [-0.3, -0.25) is 14.4 Å². The lowest BCUT2D eigenvalue weighted by Gasteiger charge is -2.18. The van der Waals surface area contributed by atoms with Gasteiger partial charge in [-0.2, -0.15) is 0 Å². The van der Waals surface area contributed by atoms with Crippen molar-refractivity contribution in [2.45, 2.75) is 168 Å². The lowest BCUT2D eigenvalue weighted by atomic mass is 10.1. The van der Waals surface area contributed by atoms with E-state index in [0.717, 1.165) is 57.8 Å². The van der Waals surface area contributed by atoms with Crippen LogP contribution in [-0.2, 0) is 28.6 Å². The fraction of sp³-hybridized carbons (Fsp3) is 0.491. The van der Waals surface area contributed by atoms with Crippen LogP contribution < -0.4 is 0 Å². The summed E-state index contributed by atoms with van der Waals surface area (Å²) in [4.78, 5) is 37.8. The topological polar surface area (TPSA) is 78.9 Å².